The lowest BCUT2D eigenvalue weighted by molar-refractivity contribution is 0.318. The molecule has 4 nitrogen and oxygen atoms in total. The second-order valence-electron chi connectivity index (χ2n) is 5.76. The van der Waals surface area contributed by atoms with Gasteiger partial charge >= 0.3 is 0 Å². The Balaban J connectivity index is 2.30. The quantitative estimate of drug-likeness (QED) is 0.387. The Kier molecular flexibility index (Phi) is 4.91. The van der Waals surface area contributed by atoms with Gasteiger partial charge in [0, 0.05) is 10.9 Å². The van der Waals surface area contributed by atoms with Gasteiger partial charge < -0.3 is 10.9 Å². The molecule has 1 heterocycles. The number of aromatic nitrogens is 1. The van der Waals surface area contributed by atoms with E-state index in [0.717, 1.165) is 27.8 Å². The molecule has 3 N–H and O–H groups in total. The van der Waals surface area contributed by atoms with E-state index >= 15 is 0 Å². The first-order valence-corrected chi connectivity index (χ1v) is 8.02. The van der Waals surface area contributed by atoms with Crippen molar-refractivity contribution < 1.29 is 5.21 Å². The molecule has 0 saturated heterocycles. The third-order valence-corrected chi connectivity index (χ3v) is 5.12. The summed E-state index contributed by atoms with van der Waals surface area (Å²) in [4.78, 5) is 4.61. The lowest BCUT2D eigenvalue weighted by Gasteiger charge is -2.26. The van der Waals surface area contributed by atoms with Crippen LogP contribution < -0.4 is 5.73 Å². The van der Waals surface area contributed by atoms with E-state index < -0.39 is 0 Å². The first-order valence-electron chi connectivity index (χ1n) is 7.14. The first kappa shape index (κ1) is 15.2. The summed E-state index contributed by atoms with van der Waals surface area (Å²) < 4.78 is 0. The van der Waals surface area contributed by atoms with Crippen molar-refractivity contribution in [1.82, 2.24) is 4.98 Å². The zero-order valence-electron chi connectivity index (χ0n) is 12.4. The molecule has 0 aliphatic heterocycles. The van der Waals surface area contributed by atoms with Crippen LogP contribution in [0, 0.1) is 19.8 Å². The Morgan fingerprint density at radius 2 is 2.20 bits per heavy atom. The number of hydrogen-bond acceptors (Lipinski definition) is 4. The Morgan fingerprint density at radius 3 is 2.85 bits per heavy atom. The number of pyridine rings is 1. The molecule has 0 radical (unpaired) electrons. The van der Waals surface area contributed by atoms with Crippen LogP contribution in [0.15, 0.2) is 16.2 Å². The summed E-state index contributed by atoms with van der Waals surface area (Å²) in [5.41, 5.74) is 8.59. The molecule has 0 spiro atoms. The molecule has 1 saturated carbocycles. The number of aryl methyl sites for hydroxylation is 2. The Labute approximate surface area is 124 Å². The van der Waals surface area contributed by atoms with E-state index in [1.165, 1.54) is 25.7 Å². The molecule has 0 amide bonds. The van der Waals surface area contributed by atoms with E-state index in [2.05, 4.69) is 17.1 Å². The fourth-order valence-corrected chi connectivity index (χ4v) is 4.50. The Morgan fingerprint density at radius 1 is 1.45 bits per heavy atom. The molecule has 110 valence electrons. The average Bonchev–Trinajstić information content (AvgIpc) is 2.37. The lowest BCUT2D eigenvalue weighted by Crippen LogP contribution is -2.20. The molecular weight excluding hydrogens is 270 g/mol. The molecule has 2 unspecified atom stereocenters. The summed E-state index contributed by atoms with van der Waals surface area (Å²) in [5, 5.41) is 13.6. The molecule has 1 aliphatic rings. The highest BCUT2D eigenvalue weighted by Gasteiger charge is 2.23. The van der Waals surface area contributed by atoms with E-state index in [0.29, 0.717) is 5.25 Å². The van der Waals surface area contributed by atoms with Gasteiger partial charge in [0.05, 0.1) is 5.56 Å². The van der Waals surface area contributed by atoms with Gasteiger partial charge in [0.25, 0.3) is 0 Å². The van der Waals surface area contributed by atoms with Crippen molar-refractivity contribution in [3.05, 3.63) is 22.9 Å². The van der Waals surface area contributed by atoms with E-state index in [4.69, 9.17) is 10.9 Å². The minimum atomic E-state index is 0.154. The summed E-state index contributed by atoms with van der Waals surface area (Å²) in [6.45, 7) is 6.28. The largest absolute Gasteiger partial charge is 0.409 e. The maximum Gasteiger partial charge on any atom is 0.173 e. The van der Waals surface area contributed by atoms with Crippen LogP contribution in [-0.2, 0) is 0 Å². The van der Waals surface area contributed by atoms with Gasteiger partial charge in [-0.2, -0.15) is 0 Å². The number of hydrogen-bond donors (Lipinski definition) is 2. The summed E-state index contributed by atoms with van der Waals surface area (Å²) in [5.74, 6) is 0.931. The standard InChI is InChI=1S/C15H23N3OS/c1-9-5-4-6-12(7-9)20-15-13(14(16)18-19)10(2)8-11(3)17-15/h8-9,12,19H,4-7H2,1-3H3,(H2,16,18). The van der Waals surface area contributed by atoms with Gasteiger partial charge in [0.2, 0.25) is 0 Å². The molecule has 1 fully saturated rings. The smallest absolute Gasteiger partial charge is 0.173 e. The van der Waals surface area contributed by atoms with Crippen LogP contribution in [0.4, 0.5) is 0 Å². The predicted molar refractivity (Wildman–Crippen MR) is 83.5 cm³/mol. The van der Waals surface area contributed by atoms with Gasteiger partial charge in [-0.3, -0.25) is 0 Å². The molecular formula is C15H23N3OS. The molecule has 2 atom stereocenters. The summed E-state index contributed by atoms with van der Waals surface area (Å²) in [7, 11) is 0. The fraction of sp³-hybridized carbons (Fsp3) is 0.600. The predicted octanol–water partition coefficient (Wildman–Crippen LogP) is 3.46. The normalized spacial score (nSPS) is 23.9. The maximum atomic E-state index is 8.98. The highest BCUT2D eigenvalue weighted by Crippen LogP contribution is 2.37. The average molecular weight is 293 g/mol. The fourth-order valence-electron chi connectivity index (χ4n) is 2.89. The molecule has 5 heteroatoms. The zero-order chi connectivity index (χ0) is 14.7. The van der Waals surface area contributed by atoms with E-state index in [9.17, 15) is 0 Å². The van der Waals surface area contributed by atoms with Crippen molar-refractivity contribution in [3.63, 3.8) is 0 Å². The molecule has 0 bridgehead atoms. The number of nitrogens with zero attached hydrogens (tertiary/aromatic N) is 2. The first-order chi connectivity index (χ1) is 9.51. The molecule has 1 aromatic rings. The number of nitrogens with two attached hydrogens (primary N) is 1. The van der Waals surface area contributed by atoms with Crippen molar-refractivity contribution in [2.24, 2.45) is 16.8 Å². The van der Waals surface area contributed by atoms with Crippen molar-refractivity contribution in [2.75, 3.05) is 0 Å². The Bertz CT molecular complexity index is 516. The number of amidine groups is 1. The number of oxime groups is 1. The highest BCUT2D eigenvalue weighted by molar-refractivity contribution is 7.99. The van der Waals surface area contributed by atoms with Gasteiger partial charge in [-0.1, -0.05) is 24.9 Å². The lowest BCUT2D eigenvalue weighted by atomic mass is 9.91. The van der Waals surface area contributed by atoms with Gasteiger partial charge in [-0.25, -0.2) is 4.98 Å². The number of rotatable bonds is 3. The van der Waals surface area contributed by atoms with Crippen LogP contribution in [0.1, 0.15) is 49.4 Å². The van der Waals surface area contributed by atoms with Gasteiger partial charge in [0.1, 0.15) is 5.03 Å². The van der Waals surface area contributed by atoms with E-state index in [1.54, 1.807) is 11.8 Å². The van der Waals surface area contributed by atoms with Gasteiger partial charge in [-0.05, 0) is 44.2 Å². The van der Waals surface area contributed by atoms with Crippen LogP contribution >= 0.6 is 11.8 Å². The van der Waals surface area contributed by atoms with Crippen molar-refractivity contribution in [1.29, 1.82) is 0 Å². The van der Waals surface area contributed by atoms with Crippen LogP contribution in [0.5, 0.6) is 0 Å². The van der Waals surface area contributed by atoms with Gasteiger partial charge in [-0.15, -0.1) is 11.8 Å². The highest BCUT2D eigenvalue weighted by atomic mass is 32.2. The second-order valence-corrected chi connectivity index (χ2v) is 7.05. The van der Waals surface area contributed by atoms with Crippen molar-refractivity contribution in [3.8, 4) is 0 Å². The van der Waals surface area contributed by atoms with E-state index in [-0.39, 0.29) is 5.84 Å². The van der Waals surface area contributed by atoms with Gasteiger partial charge in [0.15, 0.2) is 5.84 Å². The van der Waals surface area contributed by atoms with Crippen LogP contribution in [0.25, 0.3) is 0 Å². The number of thioether (sulfide) groups is 1. The summed E-state index contributed by atoms with van der Waals surface area (Å²) in [6, 6.07) is 1.97. The minimum Gasteiger partial charge on any atom is -0.409 e. The molecule has 20 heavy (non-hydrogen) atoms. The third kappa shape index (κ3) is 3.45. The van der Waals surface area contributed by atoms with Crippen LogP contribution in [0.2, 0.25) is 0 Å². The van der Waals surface area contributed by atoms with E-state index in [1.807, 2.05) is 19.9 Å². The topological polar surface area (TPSA) is 71.5 Å². The van der Waals surface area contributed by atoms with Crippen molar-refractivity contribution in [2.45, 2.75) is 56.7 Å². The maximum absolute atomic E-state index is 8.98. The summed E-state index contributed by atoms with van der Waals surface area (Å²) in [6.07, 6.45) is 5.04. The third-order valence-electron chi connectivity index (χ3n) is 3.84. The second kappa shape index (κ2) is 6.48. The molecule has 0 aromatic carbocycles. The van der Waals surface area contributed by atoms with Crippen molar-refractivity contribution >= 4 is 17.6 Å². The SMILES string of the molecule is Cc1cc(C)c(C(N)=NO)c(SC2CCCC(C)C2)n1. The minimum absolute atomic E-state index is 0.154. The molecule has 2 rings (SSSR count). The monoisotopic (exact) mass is 293 g/mol. The molecule has 1 aromatic heterocycles. The Hall–Kier alpha value is -1.23. The van der Waals surface area contributed by atoms with Crippen LogP contribution in [0.3, 0.4) is 0 Å². The van der Waals surface area contributed by atoms with Crippen LogP contribution in [-0.4, -0.2) is 21.3 Å². The zero-order valence-corrected chi connectivity index (χ0v) is 13.2. The summed E-state index contributed by atoms with van der Waals surface area (Å²) >= 11 is 1.78. The molecule has 1 aliphatic carbocycles.